The van der Waals surface area contributed by atoms with Gasteiger partial charge in [0.25, 0.3) is 0 Å². The monoisotopic (exact) mass is 191 g/mol. The molecule has 4 heteroatoms. The van der Waals surface area contributed by atoms with Gasteiger partial charge in [-0.2, -0.15) is 0 Å². The molecule has 0 aromatic heterocycles. The average Bonchev–Trinajstić information content (AvgIpc) is 2.42. The molecule has 1 saturated heterocycles. The molecular formula is C9H19O4+. The molecule has 1 aliphatic rings. The van der Waals surface area contributed by atoms with Crippen molar-refractivity contribution in [3.8, 4) is 0 Å². The first-order chi connectivity index (χ1) is 6.11. The second-order valence-corrected chi connectivity index (χ2v) is 3.65. The lowest BCUT2D eigenvalue weighted by Crippen LogP contribution is -2.36. The number of hydrogen-bond donors (Lipinski definition) is 2. The Morgan fingerprint density at radius 1 is 1.54 bits per heavy atom. The minimum Gasteiger partial charge on any atom is -0.441 e. The van der Waals surface area contributed by atoms with Crippen molar-refractivity contribution in [1.29, 1.82) is 0 Å². The Morgan fingerprint density at radius 3 is 2.62 bits per heavy atom. The van der Waals surface area contributed by atoms with E-state index in [1.165, 1.54) is 0 Å². The van der Waals surface area contributed by atoms with Gasteiger partial charge in [0.15, 0.2) is 6.10 Å². The van der Waals surface area contributed by atoms with E-state index in [2.05, 4.69) is 0 Å². The van der Waals surface area contributed by atoms with Gasteiger partial charge < -0.3 is 20.1 Å². The van der Waals surface area contributed by atoms with Crippen molar-refractivity contribution < 1.29 is 20.1 Å². The zero-order chi connectivity index (χ0) is 10.0. The molecule has 13 heavy (non-hydrogen) atoms. The molecule has 1 heterocycles. The highest BCUT2D eigenvalue weighted by Crippen LogP contribution is 2.31. The molecule has 0 bridgehead atoms. The van der Waals surface area contributed by atoms with Gasteiger partial charge >= 0.3 is 0 Å². The van der Waals surface area contributed by atoms with Gasteiger partial charge in [0.05, 0.1) is 18.6 Å². The number of aliphatic hydroxyl groups is 2. The van der Waals surface area contributed by atoms with Crippen molar-refractivity contribution in [2.75, 3.05) is 6.61 Å². The highest BCUT2D eigenvalue weighted by atomic mass is 16.5. The summed E-state index contributed by atoms with van der Waals surface area (Å²) in [6.45, 7) is 3.52. The van der Waals surface area contributed by atoms with Gasteiger partial charge in [-0.15, -0.1) is 0 Å². The van der Waals surface area contributed by atoms with Crippen LogP contribution in [0.5, 0.6) is 0 Å². The smallest absolute Gasteiger partial charge is 0.185 e. The van der Waals surface area contributed by atoms with E-state index in [9.17, 15) is 5.11 Å². The maximum atomic E-state index is 9.44. The van der Waals surface area contributed by atoms with Crippen LogP contribution in [0.3, 0.4) is 0 Å². The maximum Gasteiger partial charge on any atom is 0.185 e. The van der Waals surface area contributed by atoms with Crippen LogP contribution in [-0.2, 0) is 4.74 Å². The normalized spacial score (nSPS) is 42.2. The molecule has 0 amide bonds. The van der Waals surface area contributed by atoms with Gasteiger partial charge in [0.1, 0.15) is 12.2 Å². The van der Waals surface area contributed by atoms with Crippen LogP contribution in [0.4, 0.5) is 0 Å². The zero-order valence-electron chi connectivity index (χ0n) is 8.10. The third-order valence-electron chi connectivity index (χ3n) is 2.80. The third-order valence-corrected chi connectivity index (χ3v) is 2.80. The first-order valence-electron chi connectivity index (χ1n) is 4.77. The fourth-order valence-corrected chi connectivity index (χ4v) is 1.95. The van der Waals surface area contributed by atoms with Crippen molar-refractivity contribution in [2.24, 2.45) is 5.92 Å². The predicted octanol–water partition coefficient (Wildman–Crippen LogP) is -0.754. The molecular weight excluding hydrogens is 172 g/mol. The number of ether oxygens (including phenoxy) is 1. The summed E-state index contributed by atoms with van der Waals surface area (Å²) in [4.78, 5) is 0. The van der Waals surface area contributed by atoms with E-state index in [1.54, 1.807) is 0 Å². The molecule has 3 unspecified atom stereocenters. The minimum absolute atomic E-state index is 0.0390. The molecule has 78 valence electrons. The van der Waals surface area contributed by atoms with Crippen LogP contribution < -0.4 is 0 Å². The molecule has 0 aromatic carbocycles. The van der Waals surface area contributed by atoms with E-state index in [1.807, 2.05) is 13.8 Å². The standard InChI is InChI=1S/C9H18O4/c1-3-6-8(12)5(2)13-9(6)7(11)4-10/h5-12H,3-4H2,1-2H3/p+1/t5?,6?,7-,8?,9-/m1/s1. The highest BCUT2D eigenvalue weighted by molar-refractivity contribution is 4.91. The topological polar surface area (TPSA) is 72.6 Å². The van der Waals surface area contributed by atoms with Gasteiger partial charge in [0.2, 0.25) is 0 Å². The molecule has 0 aliphatic carbocycles. The maximum absolute atomic E-state index is 9.44. The molecule has 0 spiro atoms. The molecule has 1 rings (SSSR count). The summed E-state index contributed by atoms with van der Waals surface area (Å²) < 4.78 is 5.43. The second kappa shape index (κ2) is 4.37. The van der Waals surface area contributed by atoms with E-state index in [0.717, 1.165) is 6.42 Å². The largest absolute Gasteiger partial charge is 0.441 e. The van der Waals surface area contributed by atoms with E-state index in [-0.39, 0.29) is 30.8 Å². The Balaban J connectivity index is 2.64. The van der Waals surface area contributed by atoms with Crippen molar-refractivity contribution in [3.63, 3.8) is 0 Å². The van der Waals surface area contributed by atoms with Crippen LogP contribution in [0.15, 0.2) is 0 Å². The van der Waals surface area contributed by atoms with Crippen LogP contribution in [0, 0.1) is 5.92 Å². The van der Waals surface area contributed by atoms with Gasteiger partial charge in [-0.1, -0.05) is 6.92 Å². The van der Waals surface area contributed by atoms with E-state index in [4.69, 9.17) is 14.9 Å². The molecule has 5 atom stereocenters. The first-order valence-corrected chi connectivity index (χ1v) is 4.77. The molecule has 0 radical (unpaired) electrons. The summed E-state index contributed by atoms with van der Waals surface area (Å²) in [5, 5.41) is 26.0. The van der Waals surface area contributed by atoms with Crippen LogP contribution in [0.2, 0.25) is 0 Å². The summed E-state index contributed by atoms with van der Waals surface area (Å²) >= 11 is 0. The van der Waals surface area contributed by atoms with Crippen LogP contribution in [-0.4, -0.2) is 46.3 Å². The van der Waals surface area contributed by atoms with Gasteiger partial charge in [0, 0.05) is 0 Å². The second-order valence-electron chi connectivity index (χ2n) is 3.65. The Labute approximate surface area is 78.1 Å². The van der Waals surface area contributed by atoms with Crippen LogP contribution >= 0.6 is 0 Å². The Kier molecular flexibility index (Phi) is 3.67. The summed E-state index contributed by atoms with van der Waals surface area (Å²) in [6.07, 6.45) is -0.831. The van der Waals surface area contributed by atoms with Crippen molar-refractivity contribution >= 4 is 0 Å². The van der Waals surface area contributed by atoms with Crippen molar-refractivity contribution in [2.45, 2.75) is 44.7 Å². The molecule has 0 saturated carbocycles. The summed E-state index contributed by atoms with van der Waals surface area (Å²) in [5.41, 5.74) is 0. The SMILES string of the molecule is CCC1C([OH2+])C(C)O[C@H]1[C@H](O)CO. The van der Waals surface area contributed by atoms with E-state index in [0.29, 0.717) is 0 Å². The third kappa shape index (κ3) is 2.02. The Hall–Kier alpha value is -0.160. The number of hydrogen-bond acceptors (Lipinski definition) is 3. The first kappa shape index (κ1) is 10.9. The summed E-state index contributed by atoms with van der Waals surface area (Å²) in [6, 6.07) is 0. The number of rotatable bonds is 3. The van der Waals surface area contributed by atoms with Gasteiger partial charge in [-0.05, 0) is 13.3 Å². The lowest BCUT2D eigenvalue weighted by Gasteiger charge is -2.20. The lowest BCUT2D eigenvalue weighted by molar-refractivity contribution is -0.0630. The van der Waals surface area contributed by atoms with Crippen molar-refractivity contribution in [1.82, 2.24) is 0 Å². The molecule has 1 aliphatic heterocycles. The number of aliphatic hydroxyl groups excluding tert-OH is 2. The fourth-order valence-electron chi connectivity index (χ4n) is 1.95. The summed E-state index contributed by atoms with van der Waals surface area (Å²) in [7, 11) is 0. The van der Waals surface area contributed by atoms with Gasteiger partial charge in [-0.3, -0.25) is 0 Å². The average molecular weight is 191 g/mol. The Morgan fingerprint density at radius 2 is 2.15 bits per heavy atom. The summed E-state index contributed by atoms with van der Waals surface area (Å²) in [5.74, 6) is 0.0390. The van der Waals surface area contributed by atoms with Crippen LogP contribution in [0.25, 0.3) is 0 Å². The lowest BCUT2D eigenvalue weighted by atomic mass is 9.91. The minimum atomic E-state index is -0.845. The molecule has 0 aromatic rings. The Bertz CT molecular complexity index is 162. The zero-order valence-corrected chi connectivity index (χ0v) is 8.10. The van der Waals surface area contributed by atoms with Gasteiger partial charge in [-0.25, -0.2) is 0 Å². The fraction of sp³-hybridized carbons (Fsp3) is 1.00. The van der Waals surface area contributed by atoms with E-state index >= 15 is 0 Å². The quantitative estimate of drug-likeness (QED) is 0.576. The van der Waals surface area contributed by atoms with Crippen LogP contribution in [0.1, 0.15) is 20.3 Å². The predicted molar refractivity (Wildman–Crippen MR) is 48.6 cm³/mol. The van der Waals surface area contributed by atoms with Crippen molar-refractivity contribution in [3.05, 3.63) is 0 Å². The molecule has 1 fully saturated rings. The van der Waals surface area contributed by atoms with E-state index < -0.39 is 6.10 Å². The molecule has 4 nitrogen and oxygen atoms in total. The molecule has 4 N–H and O–H groups in total. The highest BCUT2D eigenvalue weighted by Gasteiger charge is 2.46.